The van der Waals surface area contributed by atoms with E-state index >= 15 is 0 Å². The van der Waals surface area contributed by atoms with Crippen molar-refractivity contribution in [2.45, 2.75) is 0 Å². The first-order chi connectivity index (χ1) is 14.9. The second-order valence-corrected chi connectivity index (χ2v) is 7.46. The summed E-state index contributed by atoms with van der Waals surface area (Å²) < 4.78 is 0. The van der Waals surface area contributed by atoms with Crippen LogP contribution in [0.4, 0.5) is 0 Å². The molecule has 0 unspecified atom stereocenters. The number of nitrogens with one attached hydrogen (secondary N) is 2. The Morgan fingerprint density at radius 2 is 1.10 bits per heavy atom. The molecule has 0 atom stereocenters. The van der Waals surface area contributed by atoms with Crippen LogP contribution in [-0.4, -0.2) is 15.0 Å². The smallest absolute Gasteiger partial charge is 0.0961 e. The summed E-state index contributed by atoms with van der Waals surface area (Å²) in [6.45, 7) is 0. The van der Waals surface area contributed by atoms with E-state index in [9.17, 15) is 0 Å². The van der Waals surface area contributed by atoms with Crippen molar-refractivity contribution < 1.29 is 0 Å². The molecule has 0 amide bonds. The van der Waals surface area contributed by atoms with Gasteiger partial charge in [0.15, 0.2) is 0 Å². The number of aromatic nitrogens is 3. The van der Waals surface area contributed by atoms with Gasteiger partial charge in [0.05, 0.1) is 17.4 Å². The minimum Gasteiger partial charge on any atom is -0.355 e. The molecular weight excluding hydrogens is 366 g/mol. The third kappa shape index (κ3) is 2.64. The van der Waals surface area contributed by atoms with Gasteiger partial charge >= 0.3 is 0 Å². The van der Waals surface area contributed by atoms with Gasteiger partial charge in [0.2, 0.25) is 0 Å². The molecule has 7 rings (SSSR count). The lowest BCUT2D eigenvalue weighted by Crippen LogP contribution is -1.79. The summed E-state index contributed by atoms with van der Waals surface area (Å²) in [6.07, 6.45) is 1.75. The Bertz CT molecular complexity index is 1600. The summed E-state index contributed by atoms with van der Waals surface area (Å²) in [7, 11) is 0. The predicted molar refractivity (Wildman–Crippen MR) is 127 cm³/mol. The summed E-state index contributed by atoms with van der Waals surface area (Å²) in [6, 6.07) is 33.8. The number of aromatic amines is 2. The van der Waals surface area contributed by atoms with Gasteiger partial charge in [0.1, 0.15) is 0 Å². The number of hydrogen-bond donors (Lipinski definition) is 2. The minimum absolute atomic E-state index is 1.05. The van der Waals surface area contributed by atoms with E-state index in [1.54, 1.807) is 6.33 Å². The highest BCUT2D eigenvalue weighted by Gasteiger charge is 2.05. The van der Waals surface area contributed by atoms with Gasteiger partial charge in [0.25, 0.3) is 0 Å². The van der Waals surface area contributed by atoms with Gasteiger partial charge in [-0.1, -0.05) is 78.9 Å². The molecule has 3 nitrogen and oxygen atoms in total. The van der Waals surface area contributed by atoms with Crippen molar-refractivity contribution in [1.29, 1.82) is 0 Å². The lowest BCUT2D eigenvalue weighted by molar-refractivity contribution is 1.35. The van der Waals surface area contributed by atoms with Crippen LogP contribution in [-0.2, 0) is 0 Å². The number of hydrogen-bond acceptors (Lipinski definition) is 1. The van der Waals surface area contributed by atoms with Crippen molar-refractivity contribution in [3.63, 3.8) is 0 Å². The second kappa shape index (κ2) is 6.75. The number of H-pyrrole nitrogens is 2. The van der Waals surface area contributed by atoms with Crippen LogP contribution in [0.25, 0.3) is 54.4 Å². The van der Waals surface area contributed by atoms with Gasteiger partial charge < -0.3 is 9.97 Å². The molecule has 0 saturated heterocycles. The van der Waals surface area contributed by atoms with E-state index in [2.05, 4.69) is 112 Å². The summed E-state index contributed by atoms with van der Waals surface area (Å²) in [5, 5.41) is 7.64. The first-order valence-electron chi connectivity index (χ1n) is 10.1. The van der Waals surface area contributed by atoms with Crippen LogP contribution in [0.1, 0.15) is 0 Å². The number of nitrogens with zero attached hydrogens (tertiary/aromatic N) is 1. The summed E-state index contributed by atoms with van der Waals surface area (Å²) in [5.74, 6) is 0. The predicted octanol–water partition coefficient (Wildman–Crippen LogP) is 7.19. The van der Waals surface area contributed by atoms with E-state index in [4.69, 9.17) is 0 Å². The summed E-state index contributed by atoms with van der Waals surface area (Å²) in [5.41, 5.74) is 4.56. The van der Waals surface area contributed by atoms with Crippen LogP contribution in [0.5, 0.6) is 0 Å². The summed E-state index contributed by atoms with van der Waals surface area (Å²) in [4.78, 5) is 10.9. The Kier molecular flexibility index (Phi) is 3.78. The van der Waals surface area contributed by atoms with Crippen LogP contribution >= 0.6 is 0 Å². The molecule has 3 heteroatoms. The number of fused-ring (bicyclic) bond motifs is 8. The van der Waals surface area contributed by atoms with Crippen molar-refractivity contribution in [3.05, 3.63) is 103 Å². The maximum atomic E-state index is 4.40. The van der Waals surface area contributed by atoms with Crippen LogP contribution in [0.3, 0.4) is 0 Å². The monoisotopic (exact) mass is 385 g/mol. The molecule has 0 aliphatic heterocycles. The lowest BCUT2D eigenvalue weighted by atomic mass is 10.0. The average Bonchev–Trinajstić information content (AvgIpc) is 3.44. The third-order valence-electron chi connectivity index (χ3n) is 5.72. The van der Waals surface area contributed by atoms with E-state index in [0.29, 0.717) is 0 Å². The topological polar surface area (TPSA) is 44.5 Å². The highest BCUT2D eigenvalue weighted by Crippen LogP contribution is 2.29. The Labute approximate surface area is 173 Å². The minimum atomic E-state index is 1.05. The average molecular weight is 385 g/mol. The number of imidazole rings is 1. The Balaban J connectivity index is 0.000000121. The molecule has 0 radical (unpaired) electrons. The molecule has 2 aromatic heterocycles. The first kappa shape index (κ1) is 16.8. The van der Waals surface area contributed by atoms with E-state index in [0.717, 1.165) is 11.0 Å². The number of rotatable bonds is 0. The van der Waals surface area contributed by atoms with Gasteiger partial charge in [-0.2, -0.15) is 0 Å². The normalized spacial score (nSPS) is 11.3. The number of para-hydroxylation sites is 2. The van der Waals surface area contributed by atoms with Crippen molar-refractivity contribution >= 4 is 54.4 Å². The van der Waals surface area contributed by atoms with Crippen LogP contribution in [0.2, 0.25) is 0 Å². The van der Waals surface area contributed by atoms with E-state index in [1.165, 1.54) is 43.4 Å². The van der Waals surface area contributed by atoms with Gasteiger partial charge in [-0.05, 0) is 34.4 Å². The molecular formula is C27H19N3. The molecule has 142 valence electrons. The Morgan fingerprint density at radius 1 is 0.467 bits per heavy atom. The molecule has 0 spiro atoms. The van der Waals surface area contributed by atoms with E-state index < -0.39 is 0 Å². The van der Waals surface area contributed by atoms with Crippen molar-refractivity contribution in [3.8, 4) is 0 Å². The standard InChI is InChI=1S/C15H10N2.C12H9N/c1-2-4-11-10(3-1)5-6-13-12(11)7-8-14-15(13)17-9-16-14;1-3-7-11-9(5-1)10-6-2-4-8-12(10)13-11/h1-9H,(H,16,17);1-8,13H. The van der Waals surface area contributed by atoms with E-state index in [1.807, 2.05) is 0 Å². The largest absolute Gasteiger partial charge is 0.355 e. The second-order valence-electron chi connectivity index (χ2n) is 7.46. The molecule has 5 aromatic carbocycles. The maximum absolute atomic E-state index is 4.40. The summed E-state index contributed by atoms with van der Waals surface area (Å²) >= 11 is 0. The van der Waals surface area contributed by atoms with Crippen molar-refractivity contribution in [2.75, 3.05) is 0 Å². The first-order valence-corrected chi connectivity index (χ1v) is 10.1. The Hall–Kier alpha value is -4.11. The van der Waals surface area contributed by atoms with Gasteiger partial charge in [-0.3, -0.25) is 0 Å². The molecule has 2 N–H and O–H groups in total. The molecule has 0 bridgehead atoms. The van der Waals surface area contributed by atoms with E-state index in [-0.39, 0.29) is 0 Å². The van der Waals surface area contributed by atoms with Gasteiger partial charge in [-0.25, -0.2) is 4.98 Å². The molecule has 0 fully saturated rings. The van der Waals surface area contributed by atoms with Crippen LogP contribution in [0, 0.1) is 0 Å². The Morgan fingerprint density at radius 3 is 1.87 bits per heavy atom. The molecule has 0 saturated carbocycles. The fourth-order valence-electron chi connectivity index (χ4n) is 4.29. The van der Waals surface area contributed by atoms with Crippen molar-refractivity contribution in [1.82, 2.24) is 15.0 Å². The fraction of sp³-hybridized carbons (Fsp3) is 0. The van der Waals surface area contributed by atoms with Crippen molar-refractivity contribution in [2.24, 2.45) is 0 Å². The lowest BCUT2D eigenvalue weighted by Gasteiger charge is -2.03. The van der Waals surface area contributed by atoms with Gasteiger partial charge in [-0.15, -0.1) is 0 Å². The zero-order valence-corrected chi connectivity index (χ0v) is 16.3. The molecule has 7 aromatic rings. The highest BCUT2D eigenvalue weighted by molar-refractivity contribution is 6.15. The SMILES string of the molecule is c1ccc2c(c1)[nH]c1ccccc12.c1ccc2c(c1)ccc1c2ccc2[nH]cnc21. The molecule has 0 aliphatic rings. The zero-order valence-electron chi connectivity index (χ0n) is 16.3. The number of benzene rings is 5. The molecule has 30 heavy (non-hydrogen) atoms. The van der Waals surface area contributed by atoms with Crippen LogP contribution < -0.4 is 0 Å². The molecule has 0 aliphatic carbocycles. The van der Waals surface area contributed by atoms with Crippen LogP contribution in [0.15, 0.2) is 103 Å². The zero-order chi connectivity index (χ0) is 19.9. The quantitative estimate of drug-likeness (QED) is 0.267. The molecule has 2 heterocycles. The fourth-order valence-corrected chi connectivity index (χ4v) is 4.29. The van der Waals surface area contributed by atoms with Gasteiger partial charge in [0, 0.05) is 27.2 Å². The third-order valence-corrected chi connectivity index (χ3v) is 5.72. The highest BCUT2D eigenvalue weighted by atomic mass is 14.9. The maximum Gasteiger partial charge on any atom is 0.0961 e.